The molecule has 0 radical (unpaired) electrons. The number of aromatic nitrogens is 4. The molecular formula is C17H21N5O4. The zero-order valence-electron chi connectivity index (χ0n) is 14.6. The van der Waals surface area contributed by atoms with Gasteiger partial charge in [0.15, 0.2) is 0 Å². The fraction of sp³-hybridized carbons (Fsp3) is 0.471. The minimum absolute atomic E-state index is 0.0119. The lowest BCUT2D eigenvalue weighted by atomic mass is 10.1. The van der Waals surface area contributed by atoms with E-state index in [1.165, 1.54) is 16.8 Å². The number of aryl methyl sites for hydroxylation is 2. The fourth-order valence-corrected chi connectivity index (χ4v) is 2.84. The molecule has 1 N–H and O–H groups in total. The lowest BCUT2D eigenvalue weighted by molar-refractivity contribution is -0.133. The highest BCUT2D eigenvalue weighted by Gasteiger charge is 2.24. The smallest absolute Gasteiger partial charge is 0.328 e. The maximum atomic E-state index is 12.3. The Morgan fingerprint density at radius 2 is 2.00 bits per heavy atom. The van der Waals surface area contributed by atoms with Gasteiger partial charge in [-0.05, 0) is 13.0 Å². The van der Waals surface area contributed by atoms with E-state index in [0.717, 1.165) is 18.5 Å². The molecule has 0 saturated carbocycles. The summed E-state index contributed by atoms with van der Waals surface area (Å²) in [5.74, 6) is 0.481. The van der Waals surface area contributed by atoms with Crippen molar-refractivity contribution in [3.05, 3.63) is 50.9 Å². The number of carbonyl (C=O) groups is 1. The van der Waals surface area contributed by atoms with Crippen molar-refractivity contribution >= 4 is 5.91 Å². The van der Waals surface area contributed by atoms with E-state index in [1.54, 1.807) is 11.0 Å². The van der Waals surface area contributed by atoms with Gasteiger partial charge in [0.2, 0.25) is 11.8 Å². The van der Waals surface area contributed by atoms with Gasteiger partial charge in [-0.25, -0.2) is 4.79 Å². The van der Waals surface area contributed by atoms with E-state index in [0.29, 0.717) is 19.0 Å². The van der Waals surface area contributed by atoms with Crippen LogP contribution >= 0.6 is 0 Å². The quantitative estimate of drug-likeness (QED) is 0.810. The van der Waals surface area contributed by atoms with Gasteiger partial charge in [0, 0.05) is 57.2 Å². The van der Waals surface area contributed by atoms with Crippen molar-refractivity contribution in [2.24, 2.45) is 0 Å². The Kier molecular flexibility index (Phi) is 5.45. The van der Waals surface area contributed by atoms with Gasteiger partial charge in [0.05, 0.1) is 5.69 Å². The average Bonchev–Trinajstić information content (AvgIpc) is 2.63. The third-order valence-electron chi connectivity index (χ3n) is 4.32. The molecular weight excluding hydrogens is 338 g/mol. The van der Waals surface area contributed by atoms with Crippen LogP contribution in [0.4, 0.5) is 0 Å². The maximum absolute atomic E-state index is 12.3. The summed E-state index contributed by atoms with van der Waals surface area (Å²) >= 11 is 0. The SMILES string of the molecule is Cc1ccc(OC2CCN(C(=O)CCn3ccc(=O)[nH]c3=O)CC2)nn1. The summed E-state index contributed by atoms with van der Waals surface area (Å²) in [6.07, 6.45) is 3.07. The molecule has 0 atom stereocenters. The highest BCUT2D eigenvalue weighted by molar-refractivity contribution is 5.76. The second-order valence-electron chi connectivity index (χ2n) is 6.26. The zero-order chi connectivity index (χ0) is 18.5. The van der Waals surface area contributed by atoms with Gasteiger partial charge in [0.1, 0.15) is 6.10 Å². The van der Waals surface area contributed by atoms with Crippen LogP contribution in [-0.2, 0) is 11.3 Å². The first-order valence-electron chi connectivity index (χ1n) is 8.56. The third kappa shape index (κ3) is 4.56. The summed E-state index contributed by atoms with van der Waals surface area (Å²) in [5.41, 5.74) is -0.117. The van der Waals surface area contributed by atoms with E-state index in [1.807, 2.05) is 13.0 Å². The van der Waals surface area contributed by atoms with Crippen LogP contribution in [0.2, 0.25) is 0 Å². The van der Waals surface area contributed by atoms with E-state index >= 15 is 0 Å². The Hall–Kier alpha value is -2.97. The number of H-pyrrole nitrogens is 1. The molecule has 9 heteroatoms. The Balaban J connectivity index is 1.46. The van der Waals surface area contributed by atoms with Crippen LogP contribution in [0.15, 0.2) is 34.0 Å². The van der Waals surface area contributed by atoms with Crippen molar-refractivity contribution in [1.82, 2.24) is 24.6 Å². The Labute approximate surface area is 149 Å². The van der Waals surface area contributed by atoms with E-state index in [9.17, 15) is 14.4 Å². The molecule has 3 heterocycles. The number of nitrogens with zero attached hydrogens (tertiary/aromatic N) is 4. The molecule has 138 valence electrons. The van der Waals surface area contributed by atoms with E-state index in [2.05, 4.69) is 15.2 Å². The number of nitrogens with one attached hydrogen (secondary N) is 1. The van der Waals surface area contributed by atoms with E-state index < -0.39 is 11.2 Å². The number of piperidine rings is 1. The highest BCUT2D eigenvalue weighted by atomic mass is 16.5. The average molecular weight is 359 g/mol. The molecule has 1 aliphatic heterocycles. The summed E-state index contributed by atoms with van der Waals surface area (Å²) in [7, 11) is 0. The number of rotatable bonds is 5. The van der Waals surface area contributed by atoms with Crippen LogP contribution in [-0.4, -0.2) is 49.7 Å². The summed E-state index contributed by atoms with van der Waals surface area (Å²) in [6.45, 7) is 3.30. The second-order valence-corrected chi connectivity index (χ2v) is 6.26. The predicted molar refractivity (Wildman–Crippen MR) is 92.9 cm³/mol. The lowest BCUT2D eigenvalue weighted by Crippen LogP contribution is -2.42. The van der Waals surface area contributed by atoms with Crippen molar-refractivity contribution in [3.63, 3.8) is 0 Å². The number of ether oxygens (including phenoxy) is 1. The van der Waals surface area contributed by atoms with Crippen molar-refractivity contribution in [2.45, 2.75) is 38.8 Å². The Bertz CT molecular complexity index is 866. The zero-order valence-corrected chi connectivity index (χ0v) is 14.6. The number of aromatic amines is 1. The van der Waals surface area contributed by atoms with Gasteiger partial charge >= 0.3 is 5.69 Å². The molecule has 0 spiro atoms. The normalized spacial score (nSPS) is 15.0. The molecule has 3 rings (SSSR count). The highest BCUT2D eigenvalue weighted by Crippen LogP contribution is 2.17. The Morgan fingerprint density at radius 3 is 2.65 bits per heavy atom. The topological polar surface area (TPSA) is 110 Å². The summed E-state index contributed by atoms with van der Waals surface area (Å²) in [6, 6.07) is 4.91. The van der Waals surface area contributed by atoms with Crippen molar-refractivity contribution in [3.8, 4) is 5.88 Å². The molecule has 9 nitrogen and oxygen atoms in total. The largest absolute Gasteiger partial charge is 0.473 e. The van der Waals surface area contributed by atoms with Gasteiger partial charge in [-0.1, -0.05) is 0 Å². The molecule has 1 fully saturated rings. The molecule has 1 aliphatic rings. The third-order valence-corrected chi connectivity index (χ3v) is 4.32. The van der Waals surface area contributed by atoms with Crippen molar-refractivity contribution in [2.75, 3.05) is 13.1 Å². The number of amides is 1. The maximum Gasteiger partial charge on any atom is 0.328 e. The Morgan fingerprint density at radius 1 is 1.23 bits per heavy atom. The van der Waals surface area contributed by atoms with Crippen molar-refractivity contribution in [1.29, 1.82) is 0 Å². The number of likely N-dealkylation sites (tertiary alicyclic amines) is 1. The van der Waals surface area contributed by atoms with Gasteiger partial charge in [-0.15, -0.1) is 5.10 Å². The van der Waals surface area contributed by atoms with Gasteiger partial charge < -0.3 is 14.2 Å². The van der Waals surface area contributed by atoms with Crippen LogP contribution in [0.5, 0.6) is 5.88 Å². The minimum Gasteiger partial charge on any atom is -0.473 e. The molecule has 1 amide bonds. The van der Waals surface area contributed by atoms with Crippen molar-refractivity contribution < 1.29 is 9.53 Å². The number of hydrogen-bond donors (Lipinski definition) is 1. The molecule has 1 saturated heterocycles. The number of carbonyl (C=O) groups excluding carboxylic acids is 1. The summed E-state index contributed by atoms with van der Waals surface area (Å²) in [5, 5.41) is 7.96. The van der Waals surface area contributed by atoms with Gasteiger partial charge in [-0.3, -0.25) is 14.6 Å². The van der Waals surface area contributed by atoms with Crippen LogP contribution in [0, 0.1) is 6.92 Å². The standard InChI is InChI=1S/C17H21N5O4/c1-12-2-3-15(20-19-12)26-13-4-8-21(9-5-13)16(24)7-11-22-10-6-14(23)18-17(22)25/h2-3,6,10,13H,4-5,7-9,11H2,1H3,(H,18,23,25). The molecule has 0 aliphatic carbocycles. The monoisotopic (exact) mass is 359 g/mol. The molecule has 2 aromatic rings. The van der Waals surface area contributed by atoms with Crippen LogP contribution < -0.4 is 16.0 Å². The first-order chi connectivity index (χ1) is 12.5. The molecule has 26 heavy (non-hydrogen) atoms. The second kappa shape index (κ2) is 7.94. The first kappa shape index (κ1) is 17.8. The van der Waals surface area contributed by atoms with E-state index in [4.69, 9.17) is 4.74 Å². The fourth-order valence-electron chi connectivity index (χ4n) is 2.84. The van der Waals surface area contributed by atoms with Gasteiger partial charge in [-0.2, -0.15) is 5.10 Å². The molecule has 2 aromatic heterocycles. The summed E-state index contributed by atoms with van der Waals surface area (Å²) in [4.78, 5) is 38.9. The van der Waals surface area contributed by atoms with Crippen LogP contribution in [0.25, 0.3) is 0 Å². The van der Waals surface area contributed by atoms with E-state index in [-0.39, 0.29) is 25.0 Å². The predicted octanol–water partition coefficient (Wildman–Crippen LogP) is 0.0951. The molecule has 0 aromatic carbocycles. The summed E-state index contributed by atoms with van der Waals surface area (Å²) < 4.78 is 7.13. The molecule has 0 bridgehead atoms. The van der Waals surface area contributed by atoms with Crippen LogP contribution in [0.1, 0.15) is 25.0 Å². The van der Waals surface area contributed by atoms with Crippen LogP contribution in [0.3, 0.4) is 0 Å². The number of hydrogen-bond acceptors (Lipinski definition) is 6. The minimum atomic E-state index is -0.503. The first-order valence-corrected chi connectivity index (χ1v) is 8.56. The van der Waals surface area contributed by atoms with Gasteiger partial charge in [0.25, 0.3) is 5.56 Å². The molecule has 0 unspecified atom stereocenters. The lowest BCUT2D eigenvalue weighted by Gasteiger charge is -2.32.